The summed E-state index contributed by atoms with van der Waals surface area (Å²) in [7, 11) is 0. The van der Waals surface area contributed by atoms with E-state index in [-0.39, 0.29) is 0 Å². The van der Waals surface area contributed by atoms with Crippen LogP contribution in [-0.2, 0) is 0 Å². The summed E-state index contributed by atoms with van der Waals surface area (Å²) in [5, 5.41) is 9.00. The molecule has 0 N–H and O–H groups in total. The summed E-state index contributed by atoms with van der Waals surface area (Å²) in [5.74, 6) is 1.74. The minimum absolute atomic E-state index is 0.567. The first-order valence-electron chi connectivity index (χ1n) is 23.4. The molecule has 10 aromatic carbocycles. The van der Waals surface area contributed by atoms with E-state index in [9.17, 15) is 0 Å². The van der Waals surface area contributed by atoms with Crippen molar-refractivity contribution >= 4 is 97.2 Å². The summed E-state index contributed by atoms with van der Waals surface area (Å²) in [5.41, 5.74) is 14.0. The van der Waals surface area contributed by atoms with Gasteiger partial charge >= 0.3 is 0 Å². The van der Waals surface area contributed by atoms with E-state index >= 15 is 0 Å². The van der Waals surface area contributed by atoms with Gasteiger partial charge in [0.2, 0.25) is 0 Å². The van der Waals surface area contributed by atoms with Gasteiger partial charge in [0.1, 0.15) is 22.3 Å². The normalized spacial score (nSPS) is 12.0. The zero-order chi connectivity index (χ0) is 45.9. The predicted octanol–water partition coefficient (Wildman–Crippen LogP) is 17.5. The molecule has 6 nitrogen and oxygen atoms in total. The molecule has 0 amide bonds. The number of para-hydroxylation sites is 2. The molecule has 0 atom stereocenters. The molecule has 0 aliphatic heterocycles. The van der Waals surface area contributed by atoms with Crippen LogP contribution < -0.4 is 0 Å². The highest BCUT2D eigenvalue weighted by Gasteiger charge is 2.21. The monoisotopic (exact) mass is 912 g/mol. The van der Waals surface area contributed by atoms with Crippen LogP contribution in [0.15, 0.2) is 227 Å². The van der Waals surface area contributed by atoms with Gasteiger partial charge in [0, 0.05) is 74.9 Å². The fraction of sp³-hybridized carbons (Fsp3) is 0. The topological polar surface area (TPSA) is 69.9 Å². The SMILES string of the molecule is c1ccc(-c2nc(-c3ccc4oc5ccccc5c4c3)nc(-c3cccc4oc5ccc(-c6ccc7c(c6)c6ccc(-c8cccc9c8sc8ccccc89)cc6n7-c6ccccc6)cc5c34)n2)cc1. The van der Waals surface area contributed by atoms with E-state index < -0.39 is 0 Å². The zero-order valence-corrected chi connectivity index (χ0v) is 38.1. The van der Waals surface area contributed by atoms with Crippen LogP contribution in [0.5, 0.6) is 0 Å². The van der Waals surface area contributed by atoms with Gasteiger partial charge in [0.05, 0.1) is 11.0 Å². The second-order valence-electron chi connectivity index (χ2n) is 17.9. The lowest BCUT2D eigenvalue weighted by Crippen LogP contribution is -2.00. The molecular weight excluding hydrogens is 877 g/mol. The number of hydrogen-bond donors (Lipinski definition) is 0. The van der Waals surface area contributed by atoms with Gasteiger partial charge in [0.25, 0.3) is 0 Å². The standard InChI is InChI=1S/C63H36N4O2S/c1-3-13-37(14-4-1)61-64-62(41-28-32-55-50(35-41)45-17-7-9-22-54(45)68-55)66-63(65-61)48-21-12-23-57-59(48)51-34-39(27-31-56(51)69-57)38-26-30-52-49(33-38)44-29-25-40(36-53(44)67(52)42-15-5-2-6-16-42)43-19-11-20-47-46-18-8-10-24-58(46)70-60(43)47/h1-36H. The first-order valence-corrected chi connectivity index (χ1v) is 24.2. The average molecular weight is 913 g/mol. The Morgan fingerprint density at radius 2 is 0.929 bits per heavy atom. The molecule has 5 heterocycles. The third kappa shape index (κ3) is 6.02. The van der Waals surface area contributed by atoms with Crippen LogP contribution in [0.2, 0.25) is 0 Å². The number of hydrogen-bond acceptors (Lipinski definition) is 6. The summed E-state index contributed by atoms with van der Waals surface area (Å²) in [6.45, 7) is 0. The van der Waals surface area contributed by atoms with Gasteiger partial charge in [-0.2, -0.15) is 0 Å². The second kappa shape index (κ2) is 15.2. The maximum absolute atomic E-state index is 6.60. The van der Waals surface area contributed by atoms with E-state index in [1.54, 1.807) is 0 Å². The molecule has 0 spiro atoms. The van der Waals surface area contributed by atoms with Crippen molar-refractivity contribution in [2.75, 3.05) is 0 Å². The van der Waals surface area contributed by atoms with Crippen LogP contribution in [0.4, 0.5) is 0 Å². The van der Waals surface area contributed by atoms with Crippen molar-refractivity contribution in [2.24, 2.45) is 0 Å². The van der Waals surface area contributed by atoms with Crippen molar-refractivity contribution in [3.05, 3.63) is 218 Å². The fourth-order valence-corrected chi connectivity index (χ4v) is 11.8. The molecule has 0 radical (unpaired) electrons. The molecule has 0 aliphatic rings. The van der Waals surface area contributed by atoms with Crippen molar-refractivity contribution in [3.8, 4) is 62.1 Å². The largest absolute Gasteiger partial charge is 0.456 e. The van der Waals surface area contributed by atoms with Crippen LogP contribution >= 0.6 is 11.3 Å². The van der Waals surface area contributed by atoms with Gasteiger partial charge in [-0.25, -0.2) is 15.0 Å². The van der Waals surface area contributed by atoms with E-state index in [1.807, 2.05) is 84.1 Å². The Bertz CT molecular complexity index is 4600. The van der Waals surface area contributed by atoms with Crippen molar-refractivity contribution in [1.29, 1.82) is 0 Å². The Kier molecular flexibility index (Phi) is 8.43. The lowest BCUT2D eigenvalue weighted by atomic mass is 9.98. The minimum Gasteiger partial charge on any atom is -0.456 e. The molecule has 0 bridgehead atoms. The Morgan fingerprint density at radius 3 is 1.80 bits per heavy atom. The summed E-state index contributed by atoms with van der Waals surface area (Å²) in [4.78, 5) is 15.5. The third-order valence-electron chi connectivity index (χ3n) is 13.9. The highest BCUT2D eigenvalue weighted by Crippen LogP contribution is 2.44. The number of fused-ring (bicyclic) bond motifs is 12. The van der Waals surface area contributed by atoms with Crippen LogP contribution in [0.3, 0.4) is 0 Å². The van der Waals surface area contributed by atoms with Crippen molar-refractivity contribution in [3.63, 3.8) is 0 Å². The number of thiophene rings is 1. The first kappa shape index (κ1) is 38.9. The fourth-order valence-electron chi connectivity index (χ4n) is 10.6. The Labute approximate surface area is 404 Å². The lowest BCUT2D eigenvalue weighted by Gasteiger charge is -2.10. The highest BCUT2D eigenvalue weighted by atomic mass is 32.1. The lowest BCUT2D eigenvalue weighted by molar-refractivity contribution is 0.668. The van der Waals surface area contributed by atoms with Gasteiger partial charge in [-0.3, -0.25) is 0 Å². The summed E-state index contributed by atoms with van der Waals surface area (Å²) >= 11 is 1.87. The molecule has 0 saturated heterocycles. The van der Waals surface area contributed by atoms with Crippen molar-refractivity contribution in [2.45, 2.75) is 0 Å². The predicted molar refractivity (Wildman–Crippen MR) is 289 cm³/mol. The minimum atomic E-state index is 0.567. The first-order chi connectivity index (χ1) is 34.7. The van der Waals surface area contributed by atoms with E-state index in [4.69, 9.17) is 23.8 Å². The molecule has 326 valence electrons. The number of aromatic nitrogens is 4. The molecule has 0 saturated carbocycles. The molecule has 70 heavy (non-hydrogen) atoms. The maximum atomic E-state index is 6.60. The van der Waals surface area contributed by atoms with E-state index in [2.05, 4.69) is 150 Å². The van der Waals surface area contributed by atoms with Crippen molar-refractivity contribution < 1.29 is 8.83 Å². The Balaban J connectivity index is 0.889. The molecule has 0 unspecified atom stereocenters. The summed E-state index contributed by atoms with van der Waals surface area (Å²) in [6, 6.07) is 77.0. The highest BCUT2D eigenvalue weighted by molar-refractivity contribution is 7.26. The van der Waals surface area contributed by atoms with Crippen LogP contribution in [0.1, 0.15) is 0 Å². The molecule has 5 aromatic heterocycles. The number of nitrogens with zero attached hydrogens (tertiary/aromatic N) is 4. The number of furan rings is 2. The Hall–Kier alpha value is -9.17. The molecule has 15 rings (SSSR count). The zero-order valence-electron chi connectivity index (χ0n) is 37.3. The molecular formula is C63H36N4O2S. The van der Waals surface area contributed by atoms with Gasteiger partial charge in [-0.1, -0.05) is 140 Å². The van der Waals surface area contributed by atoms with Gasteiger partial charge in [-0.05, 0) is 101 Å². The quantitative estimate of drug-likeness (QED) is 0.166. The number of rotatable bonds is 6. The van der Waals surface area contributed by atoms with Gasteiger partial charge in [-0.15, -0.1) is 11.3 Å². The molecule has 7 heteroatoms. The van der Waals surface area contributed by atoms with E-state index in [0.717, 1.165) is 82.9 Å². The van der Waals surface area contributed by atoms with Gasteiger partial charge in [0.15, 0.2) is 17.5 Å². The molecule has 0 aliphatic carbocycles. The molecule has 0 fully saturated rings. The third-order valence-corrected chi connectivity index (χ3v) is 15.1. The summed E-state index contributed by atoms with van der Waals surface area (Å²) < 4.78 is 17.8. The maximum Gasteiger partial charge on any atom is 0.164 e. The molecule has 15 aromatic rings. The Morgan fingerprint density at radius 1 is 0.329 bits per heavy atom. The van der Waals surface area contributed by atoms with Gasteiger partial charge < -0.3 is 13.4 Å². The van der Waals surface area contributed by atoms with E-state index in [1.165, 1.54) is 47.6 Å². The van der Waals surface area contributed by atoms with Crippen LogP contribution in [0.25, 0.3) is 148 Å². The van der Waals surface area contributed by atoms with E-state index in [0.29, 0.717) is 17.5 Å². The average Bonchev–Trinajstić information content (AvgIpc) is 4.19. The number of benzene rings is 10. The summed E-state index contributed by atoms with van der Waals surface area (Å²) in [6.07, 6.45) is 0. The smallest absolute Gasteiger partial charge is 0.164 e. The van der Waals surface area contributed by atoms with Crippen LogP contribution in [0, 0.1) is 0 Å². The van der Waals surface area contributed by atoms with Crippen molar-refractivity contribution in [1.82, 2.24) is 19.5 Å². The second-order valence-corrected chi connectivity index (χ2v) is 18.9. The van der Waals surface area contributed by atoms with Crippen LogP contribution in [-0.4, -0.2) is 19.5 Å².